The average Bonchev–Trinajstić information content (AvgIpc) is 2.55. The Morgan fingerprint density at radius 3 is 2.74 bits per heavy atom. The Bertz CT molecular complexity index is 745. The molecule has 2 amide bonds. The van der Waals surface area contributed by atoms with E-state index in [-0.39, 0.29) is 23.5 Å². The van der Waals surface area contributed by atoms with Crippen LogP contribution < -0.4 is 10.6 Å². The zero-order valence-corrected chi connectivity index (χ0v) is 13.7. The Balaban J connectivity index is 1.58. The number of aryl methyl sites for hydroxylation is 1. The molecular formula is C18H18N2O2S. The SMILES string of the molecule is Cc1ccccc1CNC(=O)C[C@H]1Sc2ccccc2NC1=O. The van der Waals surface area contributed by atoms with Crippen molar-refractivity contribution in [1.82, 2.24) is 5.32 Å². The van der Waals surface area contributed by atoms with Gasteiger partial charge in [-0.1, -0.05) is 36.4 Å². The standard InChI is InChI=1S/C18H18N2O2S/c1-12-6-2-3-7-13(12)11-19-17(21)10-16-18(22)20-14-8-4-5-9-15(14)23-16/h2-9,16H,10-11H2,1H3,(H,19,21)(H,20,22)/t16-/m1/s1. The maximum atomic E-state index is 12.1. The molecule has 0 fully saturated rings. The Morgan fingerprint density at radius 1 is 1.17 bits per heavy atom. The van der Waals surface area contributed by atoms with Crippen molar-refractivity contribution in [2.45, 2.75) is 30.0 Å². The first-order chi connectivity index (χ1) is 11.1. The number of carbonyl (C=O) groups excluding carboxylic acids is 2. The largest absolute Gasteiger partial charge is 0.352 e. The van der Waals surface area contributed by atoms with E-state index in [1.54, 1.807) is 0 Å². The van der Waals surface area contributed by atoms with E-state index in [2.05, 4.69) is 10.6 Å². The summed E-state index contributed by atoms with van der Waals surface area (Å²) in [4.78, 5) is 25.3. The molecule has 3 rings (SSSR count). The van der Waals surface area contributed by atoms with Crippen molar-refractivity contribution in [3.63, 3.8) is 0 Å². The van der Waals surface area contributed by atoms with E-state index in [4.69, 9.17) is 0 Å². The van der Waals surface area contributed by atoms with Gasteiger partial charge in [-0.3, -0.25) is 9.59 Å². The quantitative estimate of drug-likeness (QED) is 0.907. The molecule has 2 aromatic carbocycles. The molecule has 0 radical (unpaired) electrons. The Kier molecular flexibility index (Phi) is 4.67. The number of hydrogen-bond acceptors (Lipinski definition) is 3. The molecule has 0 saturated carbocycles. The molecule has 1 aliphatic rings. The minimum Gasteiger partial charge on any atom is -0.352 e. The summed E-state index contributed by atoms with van der Waals surface area (Å²) in [5, 5.41) is 5.37. The highest BCUT2D eigenvalue weighted by Gasteiger charge is 2.28. The van der Waals surface area contributed by atoms with Gasteiger partial charge in [0.15, 0.2) is 0 Å². The van der Waals surface area contributed by atoms with Gasteiger partial charge >= 0.3 is 0 Å². The number of thioether (sulfide) groups is 1. The first kappa shape index (κ1) is 15.6. The van der Waals surface area contributed by atoms with Crippen LogP contribution in [0.3, 0.4) is 0 Å². The number of benzene rings is 2. The van der Waals surface area contributed by atoms with Gasteiger partial charge in [-0.15, -0.1) is 11.8 Å². The third-order valence-electron chi connectivity index (χ3n) is 3.81. The smallest absolute Gasteiger partial charge is 0.238 e. The van der Waals surface area contributed by atoms with Crippen LogP contribution in [0.25, 0.3) is 0 Å². The van der Waals surface area contributed by atoms with Crippen molar-refractivity contribution in [3.05, 3.63) is 59.7 Å². The van der Waals surface area contributed by atoms with Gasteiger partial charge in [0.25, 0.3) is 0 Å². The number of amides is 2. The highest BCUT2D eigenvalue weighted by atomic mass is 32.2. The molecule has 0 unspecified atom stereocenters. The minimum absolute atomic E-state index is 0.111. The van der Waals surface area contributed by atoms with E-state index in [1.807, 2.05) is 55.5 Å². The fourth-order valence-electron chi connectivity index (χ4n) is 2.47. The predicted octanol–water partition coefficient (Wildman–Crippen LogP) is 3.11. The molecule has 0 spiro atoms. The summed E-state index contributed by atoms with van der Waals surface area (Å²) in [6, 6.07) is 15.6. The van der Waals surface area contributed by atoms with Crippen LogP contribution in [0.4, 0.5) is 5.69 Å². The van der Waals surface area contributed by atoms with E-state index < -0.39 is 0 Å². The van der Waals surface area contributed by atoms with Gasteiger partial charge in [-0.25, -0.2) is 0 Å². The Hall–Kier alpha value is -2.27. The van der Waals surface area contributed by atoms with Crippen LogP contribution in [0.5, 0.6) is 0 Å². The van der Waals surface area contributed by atoms with E-state index in [9.17, 15) is 9.59 Å². The van der Waals surface area contributed by atoms with E-state index >= 15 is 0 Å². The summed E-state index contributed by atoms with van der Waals surface area (Å²) >= 11 is 1.45. The zero-order valence-electron chi connectivity index (χ0n) is 12.8. The van der Waals surface area contributed by atoms with Crippen LogP contribution in [-0.4, -0.2) is 17.1 Å². The first-order valence-electron chi connectivity index (χ1n) is 7.51. The fourth-order valence-corrected chi connectivity index (χ4v) is 3.58. The maximum Gasteiger partial charge on any atom is 0.238 e. The molecule has 1 atom stereocenters. The summed E-state index contributed by atoms with van der Waals surface area (Å²) in [5.41, 5.74) is 3.05. The first-order valence-corrected chi connectivity index (χ1v) is 8.39. The van der Waals surface area contributed by atoms with Crippen molar-refractivity contribution in [2.24, 2.45) is 0 Å². The van der Waals surface area contributed by atoms with E-state index in [1.165, 1.54) is 11.8 Å². The monoisotopic (exact) mass is 326 g/mol. The van der Waals surface area contributed by atoms with Crippen LogP contribution >= 0.6 is 11.8 Å². The van der Waals surface area contributed by atoms with Gasteiger partial charge < -0.3 is 10.6 Å². The van der Waals surface area contributed by atoms with Gasteiger partial charge in [0.05, 0.1) is 10.9 Å². The molecule has 1 aliphatic heterocycles. The lowest BCUT2D eigenvalue weighted by molar-refractivity contribution is -0.124. The molecule has 0 aliphatic carbocycles. The molecule has 23 heavy (non-hydrogen) atoms. The molecule has 1 heterocycles. The molecule has 0 bridgehead atoms. The summed E-state index contributed by atoms with van der Waals surface area (Å²) in [6.45, 7) is 2.50. The fraction of sp³-hybridized carbons (Fsp3) is 0.222. The Morgan fingerprint density at radius 2 is 1.91 bits per heavy atom. The number of rotatable bonds is 4. The van der Waals surface area contributed by atoms with E-state index in [0.717, 1.165) is 21.7 Å². The zero-order chi connectivity index (χ0) is 16.2. The molecule has 0 saturated heterocycles. The molecule has 0 aromatic heterocycles. The van der Waals surface area contributed by atoms with Gasteiger partial charge in [-0.05, 0) is 30.2 Å². The van der Waals surface area contributed by atoms with Crippen molar-refractivity contribution in [3.8, 4) is 0 Å². The predicted molar refractivity (Wildman–Crippen MR) is 92.4 cm³/mol. The second kappa shape index (κ2) is 6.87. The third kappa shape index (κ3) is 3.74. The number of anilines is 1. The summed E-state index contributed by atoms with van der Waals surface area (Å²) in [5.74, 6) is -0.222. The number of hydrogen-bond donors (Lipinski definition) is 2. The highest BCUT2D eigenvalue weighted by Crippen LogP contribution is 2.36. The molecule has 4 nitrogen and oxygen atoms in total. The lowest BCUT2D eigenvalue weighted by Crippen LogP contribution is -2.34. The van der Waals surface area contributed by atoms with E-state index in [0.29, 0.717) is 6.54 Å². The van der Waals surface area contributed by atoms with Crippen LogP contribution in [0.1, 0.15) is 17.5 Å². The van der Waals surface area contributed by atoms with Gasteiger partial charge in [0.2, 0.25) is 11.8 Å². The second-order valence-electron chi connectivity index (χ2n) is 5.50. The molecular weight excluding hydrogens is 308 g/mol. The number of fused-ring (bicyclic) bond motifs is 1. The van der Waals surface area contributed by atoms with Gasteiger partial charge in [0, 0.05) is 17.9 Å². The molecule has 2 N–H and O–H groups in total. The number of para-hydroxylation sites is 1. The maximum absolute atomic E-state index is 12.1. The average molecular weight is 326 g/mol. The van der Waals surface area contributed by atoms with Crippen LogP contribution in [-0.2, 0) is 16.1 Å². The van der Waals surface area contributed by atoms with Crippen LogP contribution in [0.2, 0.25) is 0 Å². The molecule has 5 heteroatoms. The minimum atomic E-state index is -0.387. The topological polar surface area (TPSA) is 58.2 Å². The second-order valence-corrected chi connectivity index (χ2v) is 6.74. The third-order valence-corrected chi connectivity index (χ3v) is 5.09. The lowest BCUT2D eigenvalue weighted by atomic mass is 10.1. The Labute approximate surface area is 139 Å². The highest BCUT2D eigenvalue weighted by molar-refractivity contribution is 8.01. The number of nitrogens with one attached hydrogen (secondary N) is 2. The summed E-state index contributed by atoms with van der Waals surface area (Å²) in [7, 11) is 0. The van der Waals surface area contributed by atoms with Gasteiger partial charge in [-0.2, -0.15) is 0 Å². The lowest BCUT2D eigenvalue weighted by Gasteiger charge is -2.23. The summed E-state index contributed by atoms with van der Waals surface area (Å²) in [6.07, 6.45) is 0.177. The van der Waals surface area contributed by atoms with Gasteiger partial charge in [0.1, 0.15) is 0 Å². The molecule has 2 aromatic rings. The normalized spacial score (nSPS) is 16.4. The van der Waals surface area contributed by atoms with Crippen molar-refractivity contribution in [1.29, 1.82) is 0 Å². The van der Waals surface area contributed by atoms with Crippen molar-refractivity contribution in [2.75, 3.05) is 5.32 Å². The van der Waals surface area contributed by atoms with Crippen LogP contribution in [0.15, 0.2) is 53.4 Å². The van der Waals surface area contributed by atoms with Crippen molar-refractivity contribution < 1.29 is 9.59 Å². The van der Waals surface area contributed by atoms with Crippen LogP contribution in [0, 0.1) is 6.92 Å². The number of carbonyl (C=O) groups is 2. The van der Waals surface area contributed by atoms with Crippen molar-refractivity contribution >= 4 is 29.3 Å². The summed E-state index contributed by atoms with van der Waals surface area (Å²) < 4.78 is 0. The molecule has 118 valence electrons.